The summed E-state index contributed by atoms with van der Waals surface area (Å²) in [4.78, 5) is 4.32. The Morgan fingerprint density at radius 3 is 2.86 bits per heavy atom. The molecule has 0 saturated carbocycles. The molecule has 0 fully saturated rings. The monoisotopic (exact) mass is 253 g/mol. The van der Waals surface area contributed by atoms with E-state index in [1.54, 1.807) is 0 Å². The quantitative estimate of drug-likeness (QED) is 0.848. The summed E-state index contributed by atoms with van der Waals surface area (Å²) in [6, 6.07) is 3.99. The van der Waals surface area contributed by atoms with Gasteiger partial charge in [0, 0.05) is 10.7 Å². The molecule has 0 unspecified atom stereocenters. The molecule has 0 atom stereocenters. The lowest BCUT2D eigenvalue weighted by Gasteiger charge is -2.16. The number of pyridine rings is 1. The van der Waals surface area contributed by atoms with Gasteiger partial charge in [0.15, 0.2) is 0 Å². The number of halogens is 1. The number of nitrogens with zero attached hydrogens (tertiary/aromatic N) is 2. The molecule has 0 aliphatic rings. The van der Waals surface area contributed by atoms with Crippen molar-refractivity contribution in [2.75, 3.05) is 0 Å². The minimum Gasteiger partial charge on any atom is -0.319 e. The van der Waals surface area contributed by atoms with Crippen molar-refractivity contribution < 1.29 is 0 Å². The minimum atomic E-state index is -0.416. The number of imidazole rings is 1. The van der Waals surface area contributed by atoms with Gasteiger partial charge in [-0.05, 0) is 26.0 Å². The van der Waals surface area contributed by atoms with E-state index in [9.17, 15) is 0 Å². The van der Waals surface area contributed by atoms with Crippen LogP contribution >= 0.6 is 15.9 Å². The van der Waals surface area contributed by atoms with E-state index in [1.165, 1.54) is 0 Å². The van der Waals surface area contributed by atoms with Crippen LogP contribution in [-0.4, -0.2) is 9.38 Å². The third-order valence-corrected chi connectivity index (χ3v) is 2.56. The van der Waals surface area contributed by atoms with E-state index < -0.39 is 5.54 Å². The fraction of sp³-hybridized carbons (Fsp3) is 0.300. The summed E-state index contributed by atoms with van der Waals surface area (Å²) in [5, 5.41) is 0. The minimum absolute atomic E-state index is 0.416. The molecule has 3 nitrogen and oxygen atoms in total. The molecule has 2 aromatic heterocycles. The summed E-state index contributed by atoms with van der Waals surface area (Å²) in [6.45, 7) is 3.90. The Labute approximate surface area is 91.1 Å². The lowest BCUT2D eigenvalue weighted by molar-refractivity contribution is 0.512. The van der Waals surface area contributed by atoms with Gasteiger partial charge in [0.1, 0.15) is 5.82 Å². The summed E-state index contributed by atoms with van der Waals surface area (Å²) in [7, 11) is 0. The molecule has 2 rings (SSSR count). The van der Waals surface area contributed by atoms with Gasteiger partial charge >= 0.3 is 0 Å². The second kappa shape index (κ2) is 3.07. The van der Waals surface area contributed by atoms with E-state index in [2.05, 4.69) is 20.9 Å². The molecular formula is C10H12BrN3. The molecule has 2 heterocycles. The molecule has 0 bridgehead atoms. The van der Waals surface area contributed by atoms with Crippen LogP contribution in [0.15, 0.2) is 29.0 Å². The molecule has 0 aromatic carbocycles. The molecule has 2 N–H and O–H groups in total. The van der Waals surface area contributed by atoms with Gasteiger partial charge in [0.2, 0.25) is 0 Å². The molecular weight excluding hydrogens is 242 g/mol. The summed E-state index contributed by atoms with van der Waals surface area (Å²) < 4.78 is 3.05. The lowest BCUT2D eigenvalue weighted by atomic mass is 10.1. The fourth-order valence-electron chi connectivity index (χ4n) is 1.45. The maximum atomic E-state index is 6.01. The standard InChI is InChI=1S/C10H12BrN3/c1-10(2,12)9-13-6-8-5-7(11)3-4-14(8)9/h3-6H,12H2,1-2H3. The predicted octanol–water partition coefficient (Wildman–Crippen LogP) is 2.29. The molecule has 4 heteroatoms. The van der Waals surface area contributed by atoms with Crippen LogP contribution in [-0.2, 0) is 5.54 Å². The SMILES string of the molecule is CC(C)(N)c1ncc2cc(Br)ccn12. The second-order valence-corrected chi connectivity index (χ2v) is 4.86. The van der Waals surface area contributed by atoms with E-state index in [0.29, 0.717) is 0 Å². The van der Waals surface area contributed by atoms with E-state index in [1.807, 2.05) is 42.8 Å². The molecule has 2 aromatic rings. The Bertz CT molecular complexity index is 468. The van der Waals surface area contributed by atoms with Crippen LogP contribution < -0.4 is 5.73 Å². The predicted molar refractivity (Wildman–Crippen MR) is 60.1 cm³/mol. The zero-order valence-electron chi connectivity index (χ0n) is 8.16. The van der Waals surface area contributed by atoms with E-state index >= 15 is 0 Å². The molecule has 0 radical (unpaired) electrons. The van der Waals surface area contributed by atoms with Crippen molar-refractivity contribution in [1.82, 2.24) is 9.38 Å². The summed E-state index contributed by atoms with van der Waals surface area (Å²) in [6.07, 6.45) is 3.80. The smallest absolute Gasteiger partial charge is 0.132 e. The number of nitrogens with two attached hydrogens (primary N) is 1. The molecule has 74 valence electrons. The van der Waals surface area contributed by atoms with Crippen molar-refractivity contribution in [3.05, 3.63) is 34.8 Å². The highest BCUT2D eigenvalue weighted by atomic mass is 79.9. The third-order valence-electron chi connectivity index (χ3n) is 2.07. The zero-order valence-corrected chi connectivity index (χ0v) is 9.75. The van der Waals surface area contributed by atoms with Crippen molar-refractivity contribution in [3.8, 4) is 0 Å². The maximum absolute atomic E-state index is 6.01. The van der Waals surface area contributed by atoms with Crippen LogP contribution in [0.1, 0.15) is 19.7 Å². The topological polar surface area (TPSA) is 43.3 Å². The third kappa shape index (κ3) is 1.55. The number of fused-ring (bicyclic) bond motifs is 1. The highest BCUT2D eigenvalue weighted by molar-refractivity contribution is 9.10. The highest BCUT2D eigenvalue weighted by Crippen LogP contribution is 2.20. The van der Waals surface area contributed by atoms with Gasteiger partial charge in [-0.3, -0.25) is 0 Å². The molecule has 0 spiro atoms. The van der Waals surface area contributed by atoms with Crippen LogP contribution in [0.5, 0.6) is 0 Å². The Morgan fingerprint density at radius 1 is 1.50 bits per heavy atom. The van der Waals surface area contributed by atoms with Gasteiger partial charge in [0.25, 0.3) is 0 Å². The average Bonchev–Trinajstić information content (AvgIpc) is 2.45. The van der Waals surface area contributed by atoms with Gasteiger partial charge in [0.05, 0.1) is 17.3 Å². The number of hydrogen-bond donors (Lipinski definition) is 1. The van der Waals surface area contributed by atoms with Crippen LogP contribution in [0.3, 0.4) is 0 Å². The lowest BCUT2D eigenvalue weighted by Crippen LogP contribution is -2.31. The normalized spacial score (nSPS) is 12.3. The van der Waals surface area contributed by atoms with Crippen LogP contribution in [0.25, 0.3) is 5.52 Å². The van der Waals surface area contributed by atoms with Crippen LogP contribution in [0, 0.1) is 0 Å². The Kier molecular flexibility index (Phi) is 2.12. The van der Waals surface area contributed by atoms with Crippen molar-refractivity contribution >= 4 is 21.4 Å². The number of aromatic nitrogens is 2. The molecule has 0 aliphatic carbocycles. The van der Waals surface area contributed by atoms with Gasteiger partial charge in [-0.1, -0.05) is 15.9 Å². The molecule has 0 aliphatic heterocycles. The van der Waals surface area contributed by atoms with Gasteiger partial charge in [-0.25, -0.2) is 4.98 Å². The Balaban J connectivity index is 2.70. The van der Waals surface area contributed by atoms with Crippen molar-refractivity contribution in [3.63, 3.8) is 0 Å². The van der Waals surface area contributed by atoms with Gasteiger partial charge in [-0.15, -0.1) is 0 Å². The fourth-order valence-corrected chi connectivity index (χ4v) is 1.80. The van der Waals surface area contributed by atoms with Crippen molar-refractivity contribution in [1.29, 1.82) is 0 Å². The Morgan fingerprint density at radius 2 is 2.21 bits per heavy atom. The maximum Gasteiger partial charge on any atom is 0.132 e. The molecule has 14 heavy (non-hydrogen) atoms. The van der Waals surface area contributed by atoms with Crippen LogP contribution in [0.4, 0.5) is 0 Å². The van der Waals surface area contributed by atoms with Crippen molar-refractivity contribution in [2.45, 2.75) is 19.4 Å². The van der Waals surface area contributed by atoms with Crippen LogP contribution in [0.2, 0.25) is 0 Å². The molecule has 0 saturated heterocycles. The van der Waals surface area contributed by atoms with Crippen molar-refractivity contribution in [2.24, 2.45) is 5.73 Å². The first-order chi connectivity index (χ1) is 6.48. The summed E-state index contributed by atoms with van der Waals surface area (Å²) in [5.74, 6) is 0.875. The first-order valence-electron chi connectivity index (χ1n) is 4.40. The molecule has 0 amide bonds. The van der Waals surface area contributed by atoms with E-state index in [4.69, 9.17) is 5.73 Å². The van der Waals surface area contributed by atoms with E-state index in [-0.39, 0.29) is 0 Å². The second-order valence-electron chi connectivity index (χ2n) is 3.94. The number of hydrogen-bond acceptors (Lipinski definition) is 2. The average molecular weight is 254 g/mol. The number of rotatable bonds is 1. The first kappa shape index (κ1) is 9.68. The van der Waals surface area contributed by atoms with E-state index in [0.717, 1.165) is 15.8 Å². The summed E-state index contributed by atoms with van der Waals surface area (Å²) in [5.41, 5.74) is 6.64. The van der Waals surface area contributed by atoms with Gasteiger partial charge < -0.3 is 10.1 Å². The first-order valence-corrected chi connectivity index (χ1v) is 5.20. The zero-order chi connectivity index (χ0) is 10.3. The summed E-state index contributed by atoms with van der Waals surface area (Å²) >= 11 is 3.42. The largest absolute Gasteiger partial charge is 0.319 e. The van der Waals surface area contributed by atoms with Gasteiger partial charge in [-0.2, -0.15) is 0 Å². The highest BCUT2D eigenvalue weighted by Gasteiger charge is 2.19. The Hall–Kier alpha value is -0.870.